The standard InChI is InChI=1S/C20H29N7O2/c1-15-24-25-20-19(22-7-3-2-6-21)23-17-14-16(4-5-18(17)27(15)20)29-13-10-26-8-11-28-12-9-26/h4-5,14H,2-3,6-13,21H2,1H3,(H,22,23)/p+1. The molecule has 0 radical (unpaired) electrons. The molecular formula is C20H30N7O2+. The van der Waals surface area contributed by atoms with Crippen LogP contribution >= 0.6 is 0 Å². The quantitative estimate of drug-likeness (QED) is 0.510. The van der Waals surface area contributed by atoms with E-state index in [0.717, 1.165) is 92.9 Å². The molecule has 1 fully saturated rings. The number of rotatable bonds is 9. The lowest BCUT2D eigenvalue weighted by molar-refractivity contribution is -0.368. The maximum atomic E-state index is 6.00. The first-order chi connectivity index (χ1) is 14.3. The number of anilines is 1. The number of aromatic nitrogens is 4. The van der Waals surface area contributed by atoms with Gasteiger partial charge in [-0.15, -0.1) is 10.2 Å². The van der Waals surface area contributed by atoms with Gasteiger partial charge in [-0.2, -0.15) is 0 Å². The van der Waals surface area contributed by atoms with Crippen LogP contribution in [-0.4, -0.2) is 77.0 Å². The summed E-state index contributed by atoms with van der Waals surface area (Å²) < 4.78 is 13.4. The molecule has 0 aliphatic carbocycles. The van der Waals surface area contributed by atoms with Crippen molar-refractivity contribution in [2.24, 2.45) is 0 Å². The van der Waals surface area contributed by atoms with E-state index in [9.17, 15) is 0 Å². The van der Waals surface area contributed by atoms with Crippen molar-refractivity contribution in [3.8, 4) is 5.75 Å². The van der Waals surface area contributed by atoms with Crippen LogP contribution in [0.25, 0.3) is 16.7 Å². The van der Waals surface area contributed by atoms with Crippen LogP contribution in [0.2, 0.25) is 0 Å². The molecule has 29 heavy (non-hydrogen) atoms. The summed E-state index contributed by atoms with van der Waals surface area (Å²) in [5.74, 6) is 2.42. The molecule has 0 spiro atoms. The van der Waals surface area contributed by atoms with E-state index in [1.165, 1.54) is 0 Å². The third-order valence-electron chi connectivity index (χ3n) is 5.21. The molecule has 2 aromatic heterocycles. The summed E-state index contributed by atoms with van der Waals surface area (Å²) >= 11 is 0. The zero-order valence-electron chi connectivity index (χ0n) is 17.1. The Hall–Kier alpha value is -2.49. The van der Waals surface area contributed by atoms with Gasteiger partial charge in [0, 0.05) is 32.2 Å². The molecule has 1 aliphatic rings. The zero-order valence-corrected chi connectivity index (χ0v) is 17.1. The van der Waals surface area contributed by atoms with Gasteiger partial charge in [-0.1, -0.05) is 0 Å². The summed E-state index contributed by atoms with van der Waals surface area (Å²) in [6.45, 7) is 8.83. The van der Waals surface area contributed by atoms with Crippen molar-refractivity contribution in [3.63, 3.8) is 0 Å². The third-order valence-corrected chi connectivity index (χ3v) is 5.21. The van der Waals surface area contributed by atoms with Gasteiger partial charge in [0.05, 0.1) is 30.8 Å². The van der Waals surface area contributed by atoms with E-state index in [4.69, 9.17) is 14.5 Å². The SMILES string of the molecule is Cc1nnc2c(NCCCC[NH3+])nc3cc(OCCN4CCOCC4)ccc3n12. The molecule has 9 heteroatoms. The van der Waals surface area contributed by atoms with Crippen LogP contribution in [0.1, 0.15) is 18.7 Å². The molecule has 1 aromatic carbocycles. The average molecular weight is 401 g/mol. The summed E-state index contributed by atoms with van der Waals surface area (Å²) in [4.78, 5) is 7.18. The molecule has 9 nitrogen and oxygen atoms in total. The number of hydrogen-bond acceptors (Lipinski definition) is 7. The Morgan fingerprint density at radius 1 is 1.21 bits per heavy atom. The highest BCUT2D eigenvalue weighted by Crippen LogP contribution is 2.25. The number of nitrogens with one attached hydrogen (secondary N) is 1. The Balaban J connectivity index is 1.52. The normalized spacial score (nSPS) is 15.2. The molecule has 4 rings (SSSR count). The lowest BCUT2D eigenvalue weighted by Crippen LogP contribution is -2.50. The van der Waals surface area contributed by atoms with Gasteiger partial charge in [0.25, 0.3) is 0 Å². The van der Waals surface area contributed by atoms with Gasteiger partial charge in [0.2, 0.25) is 5.65 Å². The van der Waals surface area contributed by atoms with E-state index in [-0.39, 0.29) is 0 Å². The smallest absolute Gasteiger partial charge is 0.204 e. The molecule has 0 saturated carbocycles. The highest BCUT2D eigenvalue weighted by molar-refractivity contribution is 5.84. The Bertz CT molecular complexity index is 953. The minimum absolute atomic E-state index is 0.648. The van der Waals surface area contributed by atoms with Gasteiger partial charge >= 0.3 is 0 Å². The number of ether oxygens (including phenoxy) is 2. The van der Waals surface area contributed by atoms with Gasteiger partial charge in [0.1, 0.15) is 18.2 Å². The number of benzene rings is 1. The predicted molar refractivity (Wildman–Crippen MR) is 111 cm³/mol. The maximum Gasteiger partial charge on any atom is 0.204 e. The number of nitrogens with zero attached hydrogens (tertiary/aromatic N) is 5. The fourth-order valence-corrected chi connectivity index (χ4v) is 3.59. The fourth-order valence-electron chi connectivity index (χ4n) is 3.59. The summed E-state index contributed by atoms with van der Waals surface area (Å²) in [5, 5.41) is 12.0. The lowest BCUT2D eigenvalue weighted by atomic mass is 10.2. The topological polar surface area (TPSA) is 104 Å². The van der Waals surface area contributed by atoms with Crippen LogP contribution in [-0.2, 0) is 4.74 Å². The second-order valence-electron chi connectivity index (χ2n) is 7.31. The fraction of sp³-hybridized carbons (Fsp3) is 0.550. The number of quaternary nitrogens is 1. The summed E-state index contributed by atoms with van der Waals surface area (Å²) in [6, 6.07) is 6.01. The zero-order chi connectivity index (χ0) is 20.1. The summed E-state index contributed by atoms with van der Waals surface area (Å²) in [7, 11) is 0. The van der Waals surface area contributed by atoms with E-state index in [0.29, 0.717) is 6.61 Å². The average Bonchev–Trinajstić information content (AvgIpc) is 3.14. The molecular weight excluding hydrogens is 370 g/mol. The summed E-state index contributed by atoms with van der Waals surface area (Å²) in [6.07, 6.45) is 2.14. The van der Waals surface area contributed by atoms with Crippen molar-refractivity contribution in [3.05, 3.63) is 24.0 Å². The molecule has 156 valence electrons. The van der Waals surface area contributed by atoms with Gasteiger partial charge < -0.3 is 20.5 Å². The van der Waals surface area contributed by atoms with Crippen molar-refractivity contribution < 1.29 is 15.2 Å². The first-order valence-corrected chi connectivity index (χ1v) is 10.4. The number of fused-ring (bicyclic) bond motifs is 3. The first-order valence-electron chi connectivity index (χ1n) is 10.4. The van der Waals surface area contributed by atoms with Crippen LogP contribution < -0.4 is 15.8 Å². The molecule has 0 bridgehead atoms. The van der Waals surface area contributed by atoms with Gasteiger partial charge in [-0.25, -0.2) is 4.98 Å². The molecule has 4 N–H and O–H groups in total. The summed E-state index contributed by atoms with van der Waals surface area (Å²) in [5.41, 5.74) is 6.49. The van der Waals surface area contributed by atoms with E-state index in [1.807, 2.05) is 29.5 Å². The number of hydrogen-bond donors (Lipinski definition) is 2. The molecule has 0 unspecified atom stereocenters. The van der Waals surface area contributed by atoms with Crippen molar-refractivity contribution in [1.82, 2.24) is 24.5 Å². The minimum atomic E-state index is 0.648. The van der Waals surface area contributed by atoms with Gasteiger partial charge in [-0.05, 0) is 31.9 Å². The van der Waals surface area contributed by atoms with Crippen LogP contribution in [0.15, 0.2) is 18.2 Å². The van der Waals surface area contributed by atoms with Crippen molar-refractivity contribution in [2.45, 2.75) is 19.8 Å². The van der Waals surface area contributed by atoms with E-state index >= 15 is 0 Å². The van der Waals surface area contributed by atoms with Crippen LogP contribution in [0.5, 0.6) is 5.75 Å². The largest absolute Gasteiger partial charge is 0.492 e. The molecule has 1 aliphatic heterocycles. The Labute approximate surface area is 170 Å². The monoisotopic (exact) mass is 400 g/mol. The van der Waals surface area contributed by atoms with Crippen LogP contribution in [0.4, 0.5) is 5.82 Å². The second-order valence-corrected chi connectivity index (χ2v) is 7.31. The molecule has 1 saturated heterocycles. The van der Waals surface area contributed by atoms with Gasteiger partial charge in [-0.3, -0.25) is 9.30 Å². The van der Waals surface area contributed by atoms with Crippen molar-refractivity contribution >= 4 is 22.5 Å². The van der Waals surface area contributed by atoms with E-state index < -0.39 is 0 Å². The molecule has 0 amide bonds. The number of aryl methyl sites for hydroxylation is 1. The minimum Gasteiger partial charge on any atom is -0.492 e. The molecule has 3 heterocycles. The van der Waals surface area contributed by atoms with Crippen LogP contribution in [0, 0.1) is 6.92 Å². The molecule has 0 atom stereocenters. The maximum absolute atomic E-state index is 6.00. The third kappa shape index (κ3) is 4.58. The number of morpholine rings is 1. The highest BCUT2D eigenvalue weighted by Gasteiger charge is 2.14. The predicted octanol–water partition coefficient (Wildman–Crippen LogP) is 0.731. The first kappa shape index (κ1) is 19.8. The van der Waals surface area contributed by atoms with E-state index in [1.54, 1.807) is 0 Å². The lowest BCUT2D eigenvalue weighted by Gasteiger charge is -2.26. The molecule has 3 aromatic rings. The Morgan fingerprint density at radius 2 is 2.07 bits per heavy atom. The Morgan fingerprint density at radius 3 is 2.90 bits per heavy atom. The highest BCUT2D eigenvalue weighted by atomic mass is 16.5. The van der Waals surface area contributed by atoms with Gasteiger partial charge in [0.15, 0.2) is 5.82 Å². The Kier molecular flexibility index (Phi) is 6.38. The van der Waals surface area contributed by atoms with Crippen molar-refractivity contribution in [1.29, 1.82) is 0 Å². The second kappa shape index (κ2) is 9.34. The van der Waals surface area contributed by atoms with E-state index in [2.05, 4.69) is 26.1 Å². The van der Waals surface area contributed by atoms with Crippen molar-refractivity contribution in [2.75, 3.05) is 57.9 Å². The van der Waals surface area contributed by atoms with Crippen LogP contribution in [0.3, 0.4) is 0 Å². The number of unbranched alkanes of at least 4 members (excludes halogenated alkanes) is 1.